The molecule has 0 atom stereocenters. The Labute approximate surface area is 122 Å². The van der Waals surface area contributed by atoms with Gasteiger partial charge in [0.1, 0.15) is 8.96 Å². The molecule has 8 heteroatoms. The highest BCUT2D eigenvalue weighted by Crippen LogP contribution is 2.28. The predicted octanol–water partition coefficient (Wildman–Crippen LogP) is 0.349. The molecule has 0 aliphatic carbocycles. The molecule has 0 saturated heterocycles. The van der Waals surface area contributed by atoms with E-state index in [-0.39, 0.29) is 33.9 Å². The Morgan fingerprint density at radius 1 is 0.944 bits per heavy atom. The van der Waals surface area contributed by atoms with Crippen LogP contribution in [-0.4, -0.2) is 56.2 Å². The first-order valence-electron chi connectivity index (χ1n) is 5.36. The van der Waals surface area contributed by atoms with Gasteiger partial charge in [-0.15, -0.1) is 0 Å². The molecule has 0 fully saturated rings. The molecule has 0 radical (unpaired) electrons. The van der Waals surface area contributed by atoms with Crippen LogP contribution in [0.2, 0.25) is 0 Å². The summed E-state index contributed by atoms with van der Waals surface area (Å²) >= 11 is 6.10. The number of ether oxygens (including phenoxy) is 2. The maximum Gasteiger partial charge on any atom is 0.269 e. The van der Waals surface area contributed by atoms with E-state index in [4.69, 9.17) is 15.2 Å². The van der Waals surface area contributed by atoms with Gasteiger partial charge in [0.2, 0.25) is 0 Å². The highest BCUT2D eigenvalue weighted by Gasteiger charge is 2.35. The highest BCUT2D eigenvalue weighted by molar-refractivity contribution is 9.14. The number of imide groups is 1. The minimum Gasteiger partial charge on any atom is -0.378 e. The van der Waals surface area contributed by atoms with E-state index in [0.717, 1.165) is 4.90 Å². The lowest BCUT2D eigenvalue weighted by molar-refractivity contribution is -0.137. The Hall–Kier alpha value is -0.280. The van der Waals surface area contributed by atoms with Crippen molar-refractivity contribution in [2.75, 3.05) is 39.5 Å². The standard InChI is InChI=1S/C10H14Br2N2O4/c11-7-8(12)10(16)14(9(7)15)2-4-18-6-5-17-3-1-13/h1-6,13H2. The first kappa shape index (κ1) is 15.8. The number of nitrogens with two attached hydrogens (primary N) is 1. The lowest BCUT2D eigenvalue weighted by Crippen LogP contribution is -2.34. The average Bonchev–Trinajstić information content (AvgIpc) is 2.55. The zero-order chi connectivity index (χ0) is 13.5. The summed E-state index contributed by atoms with van der Waals surface area (Å²) in [5, 5.41) is 0. The average molecular weight is 386 g/mol. The van der Waals surface area contributed by atoms with Gasteiger partial charge in [0.05, 0.1) is 33.0 Å². The second kappa shape index (κ2) is 8.00. The number of amides is 2. The third kappa shape index (κ3) is 4.13. The Bertz CT molecular complexity index is 336. The molecule has 18 heavy (non-hydrogen) atoms. The third-order valence-corrected chi connectivity index (χ3v) is 4.16. The second-order valence-electron chi connectivity index (χ2n) is 3.40. The minimum absolute atomic E-state index is 0.221. The van der Waals surface area contributed by atoms with Crippen LogP contribution in [0.15, 0.2) is 8.96 Å². The van der Waals surface area contributed by atoms with Crippen molar-refractivity contribution in [2.24, 2.45) is 5.73 Å². The summed E-state index contributed by atoms with van der Waals surface area (Å²) in [5.74, 6) is -0.704. The van der Waals surface area contributed by atoms with Crippen LogP contribution in [-0.2, 0) is 19.1 Å². The smallest absolute Gasteiger partial charge is 0.269 e. The summed E-state index contributed by atoms with van der Waals surface area (Å²) in [6, 6.07) is 0. The van der Waals surface area contributed by atoms with Crippen molar-refractivity contribution in [3.8, 4) is 0 Å². The summed E-state index contributed by atoms with van der Waals surface area (Å²) in [5.41, 5.74) is 5.25. The lowest BCUT2D eigenvalue weighted by Gasteiger charge is -2.14. The van der Waals surface area contributed by atoms with E-state index >= 15 is 0 Å². The monoisotopic (exact) mass is 384 g/mol. The maximum absolute atomic E-state index is 11.6. The highest BCUT2D eigenvalue weighted by atomic mass is 79.9. The molecule has 6 nitrogen and oxygen atoms in total. The Morgan fingerprint density at radius 2 is 1.44 bits per heavy atom. The van der Waals surface area contributed by atoms with Crippen molar-refractivity contribution in [2.45, 2.75) is 0 Å². The topological polar surface area (TPSA) is 81.9 Å². The van der Waals surface area contributed by atoms with Gasteiger partial charge in [-0.1, -0.05) is 0 Å². The van der Waals surface area contributed by atoms with Crippen LogP contribution in [0.4, 0.5) is 0 Å². The van der Waals surface area contributed by atoms with Crippen molar-refractivity contribution in [1.29, 1.82) is 0 Å². The molecule has 1 rings (SSSR count). The molecule has 0 saturated carbocycles. The SMILES string of the molecule is NCCOCCOCCN1C(=O)C(Br)=C(Br)C1=O. The van der Waals surface area contributed by atoms with Crippen LogP contribution in [0.3, 0.4) is 0 Å². The molecular weight excluding hydrogens is 372 g/mol. The van der Waals surface area contributed by atoms with Gasteiger partial charge in [0, 0.05) is 6.54 Å². The zero-order valence-electron chi connectivity index (χ0n) is 9.66. The van der Waals surface area contributed by atoms with Crippen molar-refractivity contribution in [3.05, 3.63) is 8.96 Å². The maximum atomic E-state index is 11.6. The molecule has 0 bridgehead atoms. The summed E-state index contributed by atoms with van der Waals surface area (Å²) in [7, 11) is 0. The number of rotatable bonds is 8. The number of halogens is 2. The lowest BCUT2D eigenvalue weighted by atomic mass is 10.5. The van der Waals surface area contributed by atoms with Crippen molar-refractivity contribution in [3.63, 3.8) is 0 Å². The van der Waals surface area contributed by atoms with Gasteiger partial charge in [-0.3, -0.25) is 14.5 Å². The summed E-state index contributed by atoms with van der Waals surface area (Å²) in [4.78, 5) is 24.3. The fourth-order valence-electron chi connectivity index (χ4n) is 1.28. The van der Waals surface area contributed by atoms with E-state index in [0.29, 0.717) is 26.4 Å². The van der Waals surface area contributed by atoms with Gasteiger partial charge >= 0.3 is 0 Å². The Morgan fingerprint density at radius 3 is 1.94 bits per heavy atom. The molecule has 1 aliphatic heterocycles. The van der Waals surface area contributed by atoms with E-state index in [1.807, 2.05) is 0 Å². The largest absolute Gasteiger partial charge is 0.378 e. The van der Waals surface area contributed by atoms with Crippen LogP contribution in [0, 0.1) is 0 Å². The number of nitrogens with zero attached hydrogens (tertiary/aromatic N) is 1. The predicted molar refractivity (Wildman–Crippen MR) is 72.3 cm³/mol. The molecule has 0 unspecified atom stereocenters. The Balaban J connectivity index is 2.18. The molecule has 0 aromatic heterocycles. The van der Waals surface area contributed by atoms with Gasteiger partial charge in [-0.2, -0.15) is 0 Å². The van der Waals surface area contributed by atoms with Crippen LogP contribution in [0.25, 0.3) is 0 Å². The van der Waals surface area contributed by atoms with E-state index in [1.54, 1.807) is 0 Å². The van der Waals surface area contributed by atoms with Gasteiger partial charge < -0.3 is 15.2 Å². The van der Waals surface area contributed by atoms with Crippen LogP contribution in [0.1, 0.15) is 0 Å². The molecule has 2 amide bonds. The molecule has 0 aromatic carbocycles. The molecule has 1 aliphatic rings. The Kier molecular flexibility index (Phi) is 7.02. The fraction of sp³-hybridized carbons (Fsp3) is 0.600. The zero-order valence-corrected chi connectivity index (χ0v) is 12.8. The van der Waals surface area contributed by atoms with E-state index in [2.05, 4.69) is 31.9 Å². The van der Waals surface area contributed by atoms with E-state index < -0.39 is 0 Å². The van der Waals surface area contributed by atoms with Crippen molar-refractivity contribution >= 4 is 43.7 Å². The summed E-state index contributed by atoms with van der Waals surface area (Å²) in [6.07, 6.45) is 0. The number of carbonyl (C=O) groups excluding carboxylic acids is 2. The van der Waals surface area contributed by atoms with Crippen molar-refractivity contribution in [1.82, 2.24) is 4.90 Å². The molecule has 0 aromatic rings. The number of carbonyl (C=O) groups is 2. The van der Waals surface area contributed by atoms with Crippen LogP contribution >= 0.6 is 31.9 Å². The first-order chi connectivity index (χ1) is 8.59. The molecular formula is C10H14Br2N2O4. The molecule has 102 valence electrons. The molecule has 0 spiro atoms. The number of hydrogen-bond donors (Lipinski definition) is 1. The van der Waals surface area contributed by atoms with Gasteiger partial charge in [0.15, 0.2) is 0 Å². The minimum atomic E-state index is -0.352. The first-order valence-corrected chi connectivity index (χ1v) is 6.95. The summed E-state index contributed by atoms with van der Waals surface area (Å²) in [6.45, 7) is 2.33. The molecule has 2 N–H and O–H groups in total. The second-order valence-corrected chi connectivity index (χ2v) is 4.99. The van der Waals surface area contributed by atoms with Gasteiger partial charge in [0.25, 0.3) is 11.8 Å². The quantitative estimate of drug-likeness (QED) is 0.481. The van der Waals surface area contributed by atoms with Crippen LogP contribution in [0.5, 0.6) is 0 Å². The summed E-state index contributed by atoms with van der Waals surface area (Å²) < 4.78 is 10.9. The van der Waals surface area contributed by atoms with E-state index in [9.17, 15) is 9.59 Å². The van der Waals surface area contributed by atoms with Gasteiger partial charge in [-0.25, -0.2) is 0 Å². The normalized spacial score (nSPS) is 16.1. The molecule has 1 heterocycles. The number of hydrogen-bond acceptors (Lipinski definition) is 5. The van der Waals surface area contributed by atoms with Gasteiger partial charge in [-0.05, 0) is 31.9 Å². The third-order valence-electron chi connectivity index (χ3n) is 2.15. The van der Waals surface area contributed by atoms with E-state index in [1.165, 1.54) is 0 Å². The fourth-order valence-corrected chi connectivity index (χ4v) is 2.05. The van der Waals surface area contributed by atoms with Crippen LogP contribution < -0.4 is 5.73 Å². The van der Waals surface area contributed by atoms with Crippen molar-refractivity contribution < 1.29 is 19.1 Å².